The first-order valence-electron chi connectivity index (χ1n) is 14.2. The number of carbonyl (C=O) groups is 1. The predicted octanol–water partition coefficient (Wildman–Crippen LogP) is 6.20. The van der Waals surface area contributed by atoms with Crippen molar-refractivity contribution in [1.82, 2.24) is 9.80 Å². The molecule has 1 aliphatic heterocycles. The Hall–Kier alpha value is -3.81. The van der Waals surface area contributed by atoms with Crippen LogP contribution < -0.4 is 4.74 Å². The van der Waals surface area contributed by atoms with E-state index >= 15 is 0 Å². The molecule has 7 heteroatoms. The first kappa shape index (κ1) is 31.7. The Morgan fingerprint density at radius 3 is 2.12 bits per heavy atom. The second-order valence-electron chi connectivity index (χ2n) is 11.0. The van der Waals surface area contributed by atoms with Crippen molar-refractivity contribution in [3.8, 4) is 11.5 Å². The number of phenols is 1. The number of benzene rings is 2. The molecule has 1 fully saturated rings. The third-order valence-corrected chi connectivity index (χ3v) is 6.75. The minimum atomic E-state index is -0.491. The zero-order valence-corrected chi connectivity index (χ0v) is 24.6. The molecule has 0 atom stereocenters. The van der Waals surface area contributed by atoms with Crippen LogP contribution in [0.3, 0.4) is 0 Å². The fraction of sp³-hybridized carbons (Fsp3) is 0.382. The van der Waals surface area contributed by atoms with Gasteiger partial charge in [0.25, 0.3) is 0 Å². The molecule has 41 heavy (non-hydrogen) atoms. The minimum absolute atomic E-state index is 0.0771. The number of nitrogens with zero attached hydrogens (tertiary/aromatic N) is 2. The van der Waals surface area contributed by atoms with Gasteiger partial charge in [-0.15, -0.1) is 0 Å². The average Bonchev–Trinajstić information content (AvgIpc) is 2.95. The van der Waals surface area contributed by atoms with Gasteiger partial charge < -0.3 is 24.6 Å². The van der Waals surface area contributed by atoms with E-state index in [1.165, 1.54) is 0 Å². The maximum Gasteiger partial charge on any atom is 0.410 e. The van der Waals surface area contributed by atoms with Gasteiger partial charge in [-0.1, -0.05) is 55.7 Å². The summed E-state index contributed by atoms with van der Waals surface area (Å²) in [5, 5.41) is 19.5. The van der Waals surface area contributed by atoms with Gasteiger partial charge in [-0.05, 0) is 85.7 Å². The Balaban J connectivity index is 1.71. The number of aromatic hydroxyl groups is 1. The van der Waals surface area contributed by atoms with Gasteiger partial charge in [0, 0.05) is 39.3 Å². The summed E-state index contributed by atoms with van der Waals surface area (Å²) in [6.45, 7) is 17.7. The van der Waals surface area contributed by atoms with Crippen molar-refractivity contribution in [2.24, 2.45) is 0 Å². The fourth-order valence-electron chi connectivity index (χ4n) is 4.72. The fourth-order valence-corrected chi connectivity index (χ4v) is 4.72. The average molecular weight is 561 g/mol. The quantitative estimate of drug-likeness (QED) is 0.301. The Kier molecular flexibility index (Phi) is 11.8. The van der Waals surface area contributed by atoms with Gasteiger partial charge in [-0.3, -0.25) is 4.90 Å². The van der Waals surface area contributed by atoms with Gasteiger partial charge in [-0.25, -0.2) is 4.79 Å². The van der Waals surface area contributed by atoms with Crippen molar-refractivity contribution in [1.29, 1.82) is 0 Å². The van der Waals surface area contributed by atoms with Crippen molar-refractivity contribution >= 4 is 11.7 Å². The third kappa shape index (κ3) is 9.66. The minimum Gasteiger partial charge on any atom is -0.508 e. The number of phenolic OH excluding ortho intramolecular Hbond substituents is 1. The van der Waals surface area contributed by atoms with E-state index in [1.54, 1.807) is 29.2 Å². The van der Waals surface area contributed by atoms with Crippen LogP contribution in [0.15, 0.2) is 91.1 Å². The lowest BCUT2D eigenvalue weighted by molar-refractivity contribution is 0.0137. The highest BCUT2D eigenvalue weighted by Gasteiger charge is 2.25. The number of carbonyl (C=O) groups excluding carboxylic acids is 1. The van der Waals surface area contributed by atoms with Crippen molar-refractivity contribution in [3.05, 3.63) is 102 Å². The maximum atomic E-state index is 12.3. The molecular formula is C34H44N2O5. The normalized spacial score (nSPS) is 15.2. The molecule has 0 unspecified atom stereocenters. The number of ether oxygens (including phenoxy) is 2. The van der Waals surface area contributed by atoms with E-state index in [0.717, 1.165) is 53.2 Å². The third-order valence-electron chi connectivity index (χ3n) is 6.75. The highest BCUT2D eigenvalue weighted by Crippen LogP contribution is 2.35. The number of hydrogen-bond donors (Lipinski definition) is 2. The lowest BCUT2D eigenvalue weighted by Gasteiger charge is -2.35. The van der Waals surface area contributed by atoms with Crippen LogP contribution in [0.4, 0.5) is 4.79 Å². The Bertz CT molecular complexity index is 1220. The van der Waals surface area contributed by atoms with Gasteiger partial charge in [0.05, 0.1) is 0 Å². The summed E-state index contributed by atoms with van der Waals surface area (Å²) in [4.78, 5) is 16.4. The molecule has 0 aliphatic carbocycles. The van der Waals surface area contributed by atoms with E-state index in [0.29, 0.717) is 32.5 Å². The molecule has 0 radical (unpaired) electrons. The topological polar surface area (TPSA) is 82.5 Å². The summed E-state index contributed by atoms with van der Waals surface area (Å²) in [5.41, 5.74) is 4.43. The molecule has 1 amide bonds. The van der Waals surface area contributed by atoms with Crippen LogP contribution in [-0.4, -0.2) is 77.6 Å². The van der Waals surface area contributed by atoms with Gasteiger partial charge >= 0.3 is 6.09 Å². The Labute approximate surface area is 244 Å². The van der Waals surface area contributed by atoms with Crippen LogP contribution in [-0.2, 0) is 4.74 Å². The lowest BCUT2D eigenvalue weighted by atomic mass is 9.87. The van der Waals surface area contributed by atoms with Gasteiger partial charge in [0.1, 0.15) is 23.7 Å². The highest BCUT2D eigenvalue weighted by atomic mass is 16.6. The Morgan fingerprint density at radius 1 is 0.976 bits per heavy atom. The number of amides is 1. The molecule has 220 valence electrons. The van der Waals surface area contributed by atoms with E-state index in [4.69, 9.17) is 9.47 Å². The maximum absolute atomic E-state index is 12.3. The number of piperazine rings is 1. The van der Waals surface area contributed by atoms with Gasteiger partial charge in [0.2, 0.25) is 0 Å². The molecular weight excluding hydrogens is 516 g/mol. The highest BCUT2D eigenvalue weighted by molar-refractivity contribution is 5.85. The molecule has 0 aromatic heterocycles. The van der Waals surface area contributed by atoms with Gasteiger partial charge in [-0.2, -0.15) is 0 Å². The second-order valence-corrected chi connectivity index (χ2v) is 11.0. The summed E-state index contributed by atoms with van der Waals surface area (Å²) in [7, 11) is 0. The summed E-state index contributed by atoms with van der Waals surface area (Å²) in [6.07, 6.45) is 6.46. The monoisotopic (exact) mass is 560 g/mol. The van der Waals surface area contributed by atoms with Crippen LogP contribution >= 0.6 is 0 Å². The van der Waals surface area contributed by atoms with E-state index in [9.17, 15) is 15.0 Å². The smallest absolute Gasteiger partial charge is 0.410 e. The van der Waals surface area contributed by atoms with Crippen molar-refractivity contribution in [2.45, 2.75) is 39.2 Å². The van der Waals surface area contributed by atoms with E-state index in [-0.39, 0.29) is 18.4 Å². The molecule has 1 saturated heterocycles. The molecule has 0 spiro atoms. The van der Waals surface area contributed by atoms with Crippen LogP contribution in [0.1, 0.15) is 44.7 Å². The molecule has 1 aliphatic rings. The van der Waals surface area contributed by atoms with Gasteiger partial charge in [0.15, 0.2) is 0 Å². The molecule has 2 aromatic rings. The zero-order chi connectivity index (χ0) is 29.8. The van der Waals surface area contributed by atoms with E-state index < -0.39 is 5.60 Å². The summed E-state index contributed by atoms with van der Waals surface area (Å²) >= 11 is 0. The molecule has 0 saturated carbocycles. The van der Waals surface area contributed by atoms with Crippen LogP contribution in [0.2, 0.25) is 0 Å². The second kappa shape index (κ2) is 15.3. The number of hydrogen-bond acceptors (Lipinski definition) is 6. The number of allylic oxidation sites excluding steroid dienone is 5. The molecule has 1 heterocycles. The standard InChI is InChI=1S/C34H44N2O5/c1-6-9-26(7-2)31(10-8-24-37)32(27-11-15-29(38)16-12-27)28-13-17-30(18-14-28)40-25-23-35-19-21-36(22-20-35)33(39)41-34(3,4)5/h6-7,9,11-18,37-38H,1-2,8,10,19-25H2,3-5H3/b26-9+,32-31-. The molecule has 3 rings (SSSR count). The zero-order valence-electron chi connectivity index (χ0n) is 24.6. The van der Waals surface area contributed by atoms with Crippen LogP contribution in [0.5, 0.6) is 11.5 Å². The van der Waals surface area contributed by atoms with E-state index in [2.05, 4.69) is 18.1 Å². The largest absolute Gasteiger partial charge is 0.508 e. The SMILES string of the molecule is C=C/C=C(C=C)/C(CCCO)=C(/c1ccc(O)cc1)c1ccc(OCCN2CCN(C(=O)OC(C)(C)C)CC2)cc1. The molecule has 2 aromatic carbocycles. The van der Waals surface area contributed by atoms with Crippen molar-refractivity contribution < 1.29 is 24.5 Å². The van der Waals surface area contributed by atoms with Crippen LogP contribution in [0, 0.1) is 0 Å². The number of aliphatic hydroxyl groups excluding tert-OH is 1. The van der Waals surface area contributed by atoms with Crippen molar-refractivity contribution in [3.63, 3.8) is 0 Å². The summed E-state index contributed by atoms with van der Waals surface area (Å²) < 4.78 is 11.6. The summed E-state index contributed by atoms with van der Waals surface area (Å²) in [5.74, 6) is 0.972. The van der Waals surface area contributed by atoms with E-state index in [1.807, 2.05) is 63.2 Å². The van der Waals surface area contributed by atoms with Crippen molar-refractivity contribution in [2.75, 3.05) is 45.9 Å². The predicted molar refractivity (Wildman–Crippen MR) is 165 cm³/mol. The molecule has 7 nitrogen and oxygen atoms in total. The first-order valence-corrected chi connectivity index (χ1v) is 14.2. The number of rotatable bonds is 12. The lowest BCUT2D eigenvalue weighted by Crippen LogP contribution is -2.50. The number of aliphatic hydroxyl groups is 1. The Morgan fingerprint density at radius 2 is 1.59 bits per heavy atom. The molecule has 2 N–H and O–H groups in total. The first-order chi connectivity index (χ1) is 19.6. The van der Waals surface area contributed by atoms with Crippen LogP contribution in [0.25, 0.3) is 5.57 Å². The molecule has 0 bridgehead atoms. The summed E-state index contributed by atoms with van der Waals surface area (Å²) in [6, 6.07) is 15.1.